The van der Waals surface area contributed by atoms with E-state index in [1.165, 1.54) is 6.92 Å². The van der Waals surface area contributed by atoms with Crippen LogP contribution >= 0.6 is 11.6 Å². The molecule has 7 atom stereocenters. The third-order valence-electron chi connectivity index (χ3n) is 13.1. The third kappa shape index (κ3) is 21.7. The molecule has 1 fully saturated rings. The number of aromatic amines is 1. The van der Waals surface area contributed by atoms with E-state index in [1.54, 1.807) is 30.5 Å². The predicted octanol–water partition coefficient (Wildman–Crippen LogP) is -0.0175. The summed E-state index contributed by atoms with van der Waals surface area (Å²) in [6.45, 7) is 1.38. The number of H-pyrrole nitrogens is 1. The van der Waals surface area contributed by atoms with E-state index in [1.807, 2.05) is 24.3 Å². The van der Waals surface area contributed by atoms with Crippen molar-refractivity contribution in [2.24, 2.45) is 56.2 Å². The molecular formula is C52H73ClN14O10. The molecule has 0 aliphatic carbocycles. The zero-order valence-corrected chi connectivity index (χ0v) is 44.0. The number of rotatable bonds is 19. The Morgan fingerprint density at radius 2 is 1.42 bits per heavy atom. The highest BCUT2D eigenvalue weighted by Crippen LogP contribution is 2.27. The highest BCUT2D eigenvalue weighted by Gasteiger charge is 2.35. The van der Waals surface area contributed by atoms with E-state index in [0.29, 0.717) is 16.1 Å². The van der Waals surface area contributed by atoms with Crippen molar-refractivity contribution < 1.29 is 47.9 Å². The quantitative estimate of drug-likeness (QED) is 0.0427. The second-order valence-corrected chi connectivity index (χ2v) is 19.7. The lowest BCUT2D eigenvalue weighted by molar-refractivity contribution is -0.136. The number of para-hydroxylation sites is 1. The number of nitrogens with zero attached hydrogens (tertiary/aromatic N) is 2. The Hall–Kier alpha value is -7.89. The maximum Gasteiger partial charge on any atom is 0.243 e. The standard InChI is InChI=1S/C52H73ClN14O10/c1-29(68)63-39(16-8-22-61-52(58)59)48(75)65-40-18-17-35(69)12-2-4-15-38(46(55)73)64-47(74)32(25-33-28-62-37-14-5-3-13-36(33)37)27-43(70)31(10-7-21-60-51(56)57)26-44(71)42(24-30-9-6-11-34(53)23-30)67-50(77)41(66-49(40)76)19-20-45(54)72/h3,5-6,9,11,13-14,23,28,31-32,38-42,62H,2,4,7-8,10,12,15-22,24-27H2,1H3,(H2,54,72)(H2,55,73)(H,63,68)(H,64,74)(H,65,75)(H,66,76)(H,67,77)(H4,56,57,60)(H4,58,59,61)/t31-,32-,38+,39+,40+,41+,42-/m1/s1. The van der Waals surface area contributed by atoms with Crippen molar-refractivity contribution in [3.05, 3.63) is 70.9 Å². The van der Waals surface area contributed by atoms with Crippen LogP contribution in [0.5, 0.6) is 0 Å². The van der Waals surface area contributed by atoms with Gasteiger partial charge >= 0.3 is 0 Å². The summed E-state index contributed by atoms with van der Waals surface area (Å²) in [5, 5.41) is 14.3. The lowest BCUT2D eigenvalue weighted by atomic mass is 9.83. The van der Waals surface area contributed by atoms with E-state index in [-0.39, 0.29) is 121 Å². The number of Topliss-reactive ketones (excluding diaryl/α,β-unsaturated/α-hetero) is 3. The van der Waals surface area contributed by atoms with Crippen LogP contribution in [0.4, 0.5) is 0 Å². The summed E-state index contributed by atoms with van der Waals surface area (Å²) in [7, 11) is 0. The van der Waals surface area contributed by atoms with Crippen molar-refractivity contribution in [1.29, 1.82) is 0 Å². The molecular weight excluding hydrogens is 1020 g/mol. The number of aromatic nitrogens is 1. The van der Waals surface area contributed by atoms with Gasteiger partial charge in [0, 0.05) is 86.1 Å². The van der Waals surface area contributed by atoms with Crippen LogP contribution in [0.15, 0.2) is 64.7 Å². The summed E-state index contributed by atoms with van der Waals surface area (Å²) >= 11 is 6.35. The number of ketones is 3. The molecule has 0 bridgehead atoms. The van der Waals surface area contributed by atoms with Gasteiger partial charge in [-0.25, -0.2) is 0 Å². The van der Waals surface area contributed by atoms with Crippen LogP contribution in [-0.4, -0.2) is 119 Å². The Labute approximate surface area is 451 Å². The smallest absolute Gasteiger partial charge is 0.243 e. The van der Waals surface area contributed by atoms with Crippen molar-refractivity contribution in [3.63, 3.8) is 0 Å². The van der Waals surface area contributed by atoms with E-state index in [2.05, 4.69) is 41.6 Å². The fourth-order valence-corrected chi connectivity index (χ4v) is 9.23. The molecule has 2 heterocycles. The zero-order valence-electron chi connectivity index (χ0n) is 43.3. The van der Waals surface area contributed by atoms with Gasteiger partial charge in [-0.05, 0) is 93.5 Å². The van der Waals surface area contributed by atoms with Gasteiger partial charge in [0.1, 0.15) is 35.7 Å². The molecule has 1 aromatic heterocycles. The van der Waals surface area contributed by atoms with E-state index in [4.69, 9.17) is 46.0 Å². The highest BCUT2D eigenvalue weighted by atomic mass is 35.5. The van der Waals surface area contributed by atoms with Crippen molar-refractivity contribution in [1.82, 2.24) is 31.6 Å². The number of halogens is 1. The van der Waals surface area contributed by atoms with Crippen LogP contribution in [0.1, 0.15) is 108 Å². The van der Waals surface area contributed by atoms with Gasteiger partial charge in [-0.1, -0.05) is 48.4 Å². The molecule has 1 aliphatic rings. The van der Waals surface area contributed by atoms with Crippen LogP contribution in [0, 0.1) is 11.8 Å². The molecule has 0 radical (unpaired) electrons. The first kappa shape index (κ1) is 61.7. The first-order chi connectivity index (χ1) is 36.6. The molecule has 2 aromatic carbocycles. The molecule has 4 rings (SSSR count). The second-order valence-electron chi connectivity index (χ2n) is 19.3. The molecule has 1 aliphatic heterocycles. The van der Waals surface area contributed by atoms with Crippen molar-refractivity contribution in [2.45, 2.75) is 140 Å². The van der Waals surface area contributed by atoms with E-state index < -0.39 is 108 Å². The van der Waals surface area contributed by atoms with Crippen molar-refractivity contribution in [2.75, 3.05) is 13.1 Å². The highest BCUT2D eigenvalue weighted by molar-refractivity contribution is 6.30. The summed E-state index contributed by atoms with van der Waals surface area (Å²) in [4.78, 5) is 149. The average molecular weight is 1090 g/mol. The molecule has 24 nitrogen and oxygen atoms in total. The van der Waals surface area contributed by atoms with Crippen LogP contribution in [0.3, 0.4) is 0 Å². The number of guanidine groups is 2. The number of aliphatic imine (C=N–C) groups is 2. The first-order valence-electron chi connectivity index (χ1n) is 25.6. The molecule has 3 aromatic rings. The number of primary amides is 2. The second kappa shape index (κ2) is 31.2. The number of carbonyl (C=O) groups is 10. The minimum atomic E-state index is -1.56. The zero-order chi connectivity index (χ0) is 56.6. The summed E-state index contributed by atoms with van der Waals surface area (Å²) < 4.78 is 0. The maximum absolute atomic E-state index is 14.8. The van der Waals surface area contributed by atoms with Crippen LogP contribution in [0.2, 0.25) is 5.02 Å². The number of nitrogens with one attached hydrogen (secondary N) is 6. The predicted molar refractivity (Wildman–Crippen MR) is 289 cm³/mol. The fraction of sp³-hybridized carbons (Fsp3) is 0.500. The molecule has 7 amide bonds. The molecule has 18 N–H and O–H groups in total. The number of hydrogen-bond donors (Lipinski definition) is 12. The normalized spacial score (nSPS) is 21.1. The van der Waals surface area contributed by atoms with Gasteiger partial charge in [0.25, 0.3) is 0 Å². The third-order valence-corrected chi connectivity index (χ3v) is 13.3. The molecule has 1 saturated heterocycles. The lowest BCUT2D eigenvalue weighted by Gasteiger charge is -2.27. The number of fused-ring (bicyclic) bond motifs is 1. The molecule has 0 spiro atoms. The molecule has 418 valence electrons. The van der Waals surface area contributed by atoms with Crippen LogP contribution < -0.4 is 61.0 Å². The Balaban J connectivity index is 1.80. The van der Waals surface area contributed by atoms with Gasteiger partial charge in [-0.15, -0.1) is 0 Å². The number of carbonyl (C=O) groups excluding carboxylic acids is 10. The average Bonchev–Trinajstić information content (AvgIpc) is 3.78. The number of amides is 7. The minimum absolute atomic E-state index is 0.0283. The van der Waals surface area contributed by atoms with E-state index >= 15 is 0 Å². The molecule has 25 heteroatoms. The van der Waals surface area contributed by atoms with Crippen LogP contribution in [-0.2, 0) is 60.8 Å². The van der Waals surface area contributed by atoms with Gasteiger partial charge in [-0.3, -0.25) is 57.9 Å². The molecule has 0 saturated carbocycles. The molecule has 0 unspecified atom stereocenters. The van der Waals surface area contributed by atoms with Crippen molar-refractivity contribution >= 4 is 93.1 Å². The molecule has 77 heavy (non-hydrogen) atoms. The van der Waals surface area contributed by atoms with Gasteiger partial charge in [0.2, 0.25) is 41.4 Å². The van der Waals surface area contributed by atoms with E-state index in [0.717, 1.165) is 10.9 Å². The first-order valence-corrected chi connectivity index (χ1v) is 26.0. The number of benzene rings is 2. The van der Waals surface area contributed by atoms with Crippen LogP contribution in [0.25, 0.3) is 10.9 Å². The monoisotopic (exact) mass is 1090 g/mol. The van der Waals surface area contributed by atoms with Crippen molar-refractivity contribution in [3.8, 4) is 0 Å². The summed E-state index contributed by atoms with van der Waals surface area (Å²) in [5.41, 5.74) is 35.4. The largest absolute Gasteiger partial charge is 0.370 e. The number of nitrogens with two attached hydrogens (primary N) is 6. The SMILES string of the molecule is CC(=O)N[C@@H](CCCN=C(N)N)C(=O)N[C@H]1CCC(=O)CCCC[C@@H](C(N)=O)NC(=O)[C@H](Cc2c[nH]c3ccccc23)CC(=O)[C@H](CCCN=C(N)N)CC(=O)[C@@H](Cc2cccc(Cl)c2)NC(=O)[C@H](CCC(N)=O)NC1=O. The Morgan fingerprint density at radius 1 is 0.727 bits per heavy atom. The topological polar surface area (TPSA) is 427 Å². The Morgan fingerprint density at radius 3 is 2.09 bits per heavy atom. The summed E-state index contributed by atoms with van der Waals surface area (Å²) in [5.74, 6) is -9.61. The Kier molecular flexibility index (Phi) is 25.0. The van der Waals surface area contributed by atoms with Gasteiger partial charge < -0.3 is 66.0 Å². The number of hydrogen-bond acceptors (Lipinski definition) is 12. The van der Waals surface area contributed by atoms with Gasteiger partial charge in [-0.2, -0.15) is 0 Å². The fourth-order valence-electron chi connectivity index (χ4n) is 9.02. The summed E-state index contributed by atoms with van der Waals surface area (Å²) in [6, 6.07) is 6.99. The minimum Gasteiger partial charge on any atom is -0.370 e. The lowest BCUT2D eigenvalue weighted by Crippen LogP contribution is -2.58. The van der Waals surface area contributed by atoms with Gasteiger partial charge in [0.05, 0.1) is 6.04 Å². The Bertz CT molecular complexity index is 2650. The van der Waals surface area contributed by atoms with E-state index in [9.17, 15) is 47.9 Å². The maximum atomic E-state index is 14.8. The van der Waals surface area contributed by atoms with Gasteiger partial charge in [0.15, 0.2) is 17.7 Å². The summed E-state index contributed by atoms with van der Waals surface area (Å²) in [6.07, 6.45) is 0.380.